The molecule has 10 nitrogen and oxygen atoms in total. The third-order valence-corrected chi connectivity index (χ3v) is 5.90. The highest BCUT2D eigenvalue weighted by Crippen LogP contribution is 2.28. The fraction of sp³-hybridized carbons (Fsp3) is 0.304. The molecule has 2 aliphatic heterocycles. The molecule has 1 N–H and O–H groups in total. The van der Waals surface area contributed by atoms with Gasteiger partial charge in [-0.1, -0.05) is 29.8 Å². The highest BCUT2D eigenvalue weighted by Gasteiger charge is 2.51. The summed E-state index contributed by atoms with van der Waals surface area (Å²) in [5.41, 5.74) is 1.51. The summed E-state index contributed by atoms with van der Waals surface area (Å²) in [4.78, 5) is 62.7. The van der Waals surface area contributed by atoms with Gasteiger partial charge < -0.3 is 15.1 Å². The Balaban J connectivity index is 1.50. The standard InChI is InChI=1S/C23H23ClN6O4/c1-13(31)11-30-22(33)20-21(28(3)23(30)34)25-14(2)29(20)12-19(32)27-18-6-4-5-17(26-18)15-7-9-16(24)10-8-15/h4-10,20-21H,11-12H2,1-3H3,(H,26,27,32). The number of carbonyl (C=O) groups excluding carboxylic acids is 4. The number of anilines is 1. The number of hydrogen-bond acceptors (Lipinski definition) is 7. The third kappa shape index (κ3) is 4.49. The van der Waals surface area contributed by atoms with Crippen molar-refractivity contribution in [2.75, 3.05) is 25.5 Å². The number of aromatic nitrogens is 1. The number of carbonyl (C=O) groups is 4. The van der Waals surface area contributed by atoms with Crippen LogP contribution in [0.15, 0.2) is 47.5 Å². The van der Waals surface area contributed by atoms with Gasteiger partial charge >= 0.3 is 6.03 Å². The Bertz CT molecular complexity index is 1200. The van der Waals surface area contributed by atoms with Crippen molar-refractivity contribution in [1.29, 1.82) is 0 Å². The number of imide groups is 1. The van der Waals surface area contributed by atoms with Gasteiger partial charge in [0, 0.05) is 17.6 Å². The number of pyridine rings is 1. The van der Waals surface area contributed by atoms with Gasteiger partial charge in [0.2, 0.25) is 5.91 Å². The van der Waals surface area contributed by atoms with Crippen molar-refractivity contribution in [1.82, 2.24) is 19.7 Å². The second-order valence-electron chi connectivity index (χ2n) is 8.15. The topological polar surface area (TPSA) is 115 Å². The monoisotopic (exact) mass is 482 g/mol. The summed E-state index contributed by atoms with van der Waals surface area (Å²) in [7, 11) is 1.52. The minimum absolute atomic E-state index is 0.176. The minimum atomic E-state index is -0.888. The fourth-order valence-corrected chi connectivity index (χ4v) is 4.14. The number of amides is 4. The van der Waals surface area contributed by atoms with E-state index >= 15 is 0 Å². The van der Waals surface area contributed by atoms with Crippen LogP contribution in [0.2, 0.25) is 5.02 Å². The predicted molar refractivity (Wildman–Crippen MR) is 126 cm³/mol. The summed E-state index contributed by atoms with van der Waals surface area (Å²) in [6, 6.07) is 11.0. The normalized spacial score (nSPS) is 19.8. The molecule has 2 unspecified atom stereocenters. The number of ketones is 1. The average Bonchev–Trinajstić information content (AvgIpc) is 3.12. The van der Waals surface area contributed by atoms with Crippen LogP contribution in [0.3, 0.4) is 0 Å². The zero-order chi connectivity index (χ0) is 24.6. The fourth-order valence-electron chi connectivity index (χ4n) is 4.02. The Morgan fingerprint density at radius 1 is 1.09 bits per heavy atom. The Kier molecular flexibility index (Phi) is 6.34. The molecule has 1 aromatic carbocycles. The summed E-state index contributed by atoms with van der Waals surface area (Å²) < 4.78 is 0. The van der Waals surface area contributed by atoms with Crippen LogP contribution in [-0.2, 0) is 14.4 Å². The van der Waals surface area contributed by atoms with E-state index in [0.717, 1.165) is 10.5 Å². The Morgan fingerprint density at radius 2 is 1.79 bits per heavy atom. The van der Waals surface area contributed by atoms with Crippen molar-refractivity contribution in [3.05, 3.63) is 47.5 Å². The van der Waals surface area contributed by atoms with E-state index in [1.807, 2.05) is 18.2 Å². The molecule has 0 bridgehead atoms. The maximum atomic E-state index is 13.1. The number of urea groups is 1. The second kappa shape index (κ2) is 9.22. The molecule has 1 aromatic heterocycles. The average molecular weight is 483 g/mol. The molecule has 176 valence electrons. The molecule has 0 spiro atoms. The Hall–Kier alpha value is -3.79. The minimum Gasteiger partial charge on any atom is -0.336 e. The number of hydrogen-bond donors (Lipinski definition) is 1. The molecule has 4 rings (SSSR count). The Labute approximate surface area is 201 Å². The van der Waals surface area contributed by atoms with Gasteiger partial charge in [-0.25, -0.2) is 14.8 Å². The molecule has 0 radical (unpaired) electrons. The molecule has 2 atom stereocenters. The van der Waals surface area contributed by atoms with Gasteiger partial charge in [-0.05, 0) is 38.1 Å². The number of halogens is 1. The number of nitrogens with one attached hydrogen (secondary N) is 1. The molecule has 1 saturated heterocycles. The van der Waals surface area contributed by atoms with Crippen LogP contribution in [-0.4, -0.2) is 81.5 Å². The maximum Gasteiger partial charge on any atom is 0.328 e. The van der Waals surface area contributed by atoms with Crippen molar-refractivity contribution < 1.29 is 19.2 Å². The summed E-state index contributed by atoms with van der Waals surface area (Å²) >= 11 is 5.94. The van der Waals surface area contributed by atoms with Crippen LogP contribution in [0.4, 0.5) is 10.6 Å². The SMILES string of the molecule is CC(=O)CN1C(=O)C2C(N=C(C)N2CC(=O)Nc2cccc(-c3ccc(Cl)cc3)n2)N(C)C1=O. The Morgan fingerprint density at radius 3 is 2.47 bits per heavy atom. The molecule has 11 heteroatoms. The zero-order valence-corrected chi connectivity index (χ0v) is 19.6. The number of amidine groups is 1. The maximum absolute atomic E-state index is 13.1. The summed E-state index contributed by atoms with van der Waals surface area (Å²) in [5.74, 6) is -0.477. The molecular weight excluding hydrogens is 460 g/mol. The number of likely N-dealkylation sites (N-methyl/N-ethyl adjacent to an activating group) is 1. The first-order valence-electron chi connectivity index (χ1n) is 10.6. The molecule has 3 heterocycles. The van der Waals surface area contributed by atoms with E-state index in [1.54, 1.807) is 36.1 Å². The van der Waals surface area contributed by atoms with Crippen molar-refractivity contribution in [3.63, 3.8) is 0 Å². The van der Waals surface area contributed by atoms with E-state index in [-0.39, 0.29) is 18.9 Å². The van der Waals surface area contributed by atoms with E-state index in [2.05, 4.69) is 15.3 Å². The summed E-state index contributed by atoms with van der Waals surface area (Å²) in [6.07, 6.45) is -0.762. The van der Waals surface area contributed by atoms with Gasteiger partial charge in [-0.3, -0.25) is 19.3 Å². The molecular formula is C23H23ClN6O4. The van der Waals surface area contributed by atoms with Crippen molar-refractivity contribution in [2.24, 2.45) is 4.99 Å². The number of Topliss-reactive ketones (excluding diaryl/α,β-unsaturated/α-hetero) is 1. The largest absolute Gasteiger partial charge is 0.336 e. The van der Waals surface area contributed by atoms with Crippen molar-refractivity contribution in [3.8, 4) is 11.3 Å². The molecule has 4 amide bonds. The zero-order valence-electron chi connectivity index (χ0n) is 18.9. The van der Waals surface area contributed by atoms with E-state index in [9.17, 15) is 19.2 Å². The summed E-state index contributed by atoms with van der Waals surface area (Å²) in [6.45, 7) is 2.47. The predicted octanol–water partition coefficient (Wildman–Crippen LogP) is 2.25. The molecule has 1 fully saturated rings. The van der Waals surface area contributed by atoms with Gasteiger partial charge in [0.1, 0.15) is 11.6 Å². The van der Waals surface area contributed by atoms with Crippen molar-refractivity contribution in [2.45, 2.75) is 26.1 Å². The van der Waals surface area contributed by atoms with Crippen molar-refractivity contribution >= 4 is 46.9 Å². The van der Waals surface area contributed by atoms with E-state index in [1.165, 1.54) is 18.9 Å². The smallest absolute Gasteiger partial charge is 0.328 e. The van der Waals surface area contributed by atoms with Crippen LogP contribution >= 0.6 is 11.6 Å². The first-order valence-corrected chi connectivity index (χ1v) is 10.9. The lowest BCUT2D eigenvalue weighted by molar-refractivity contribution is -0.140. The van der Waals surface area contributed by atoms with Gasteiger partial charge in [-0.2, -0.15) is 0 Å². The van der Waals surface area contributed by atoms with Crippen LogP contribution in [0, 0.1) is 0 Å². The number of benzene rings is 1. The highest BCUT2D eigenvalue weighted by molar-refractivity contribution is 6.30. The van der Waals surface area contributed by atoms with Crippen LogP contribution < -0.4 is 5.32 Å². The number of nitrogens with zero attached hydrogens (tertiary/aromatic N) is 5. The quantitative estimate of drug-likeness (QED) is 0.675. The first-order chi connectivity index (χ1) is 16.2. The number of aliphatic imine (C=N–C) groups is 1. The van der Waals surface area contributed by atoms with E-state index < -0.39 is 30.1 Å². The van der Waals surface area contributed by atoms with Crippen LogP contribution in [0.1, 0.15) is 13.8 Å². The van der Waals surface area contributed by atoms with Gasteiger partial charge in [0.25, 0.3) is 5.91 Å². The van der Waals surface area contributed by atoms with Gasteiger partial charge in [-0.15, -0.1) is 0 Å². The van der Waals surface area contributed by atoms with Crippen LogP contribution in [0.5, 0.6) is 0 Å². The number of fused-ring (bicyclic) bond motifs is 1. The first kappa shape index (κ1) is 23.4. The lowest BCUT2D eigenvalue weighted by Crippen LogP contribution is -2.66. The summed E-state index contributed by atoms with van der Waals surface area (Å²) in [5, 5.41) is 3.36. The highest BCUT2D eigenvalue weighted by atomic mass is 35.5. The van der Waals surface area contributed by atoms with Gasteiger partial charge in [0.15, 0.2) is 12.2 Å². The van der Waals surface area contributed by atoms with Gasteiger partial charge in [0.05, 0.1) is 24.6 Å². The third-order valence-electron chi connectivity index (χ3n) is 5.65. The lowest BCUT2D eigenvalue weighted by Gasteiger charge is -2.40. The molecule has 0 saturated carbocycles. The molecule has 0 aliphatic carbocycles. The molecule has 2 aromatic rings. The van der Waals surface area contributed by atoms with E-state index in [0.29, 0.717) is 22.4 Å². The lowest BCUT2D eigenvalue weighted by atomic mass is 10.1. The van der Waals surface area contributed by atoms with E-state index in [4.69, 9.17) is 11.6 Å². The number of rotatable bonds is 6. The van der Waals surface area contributed by atoms with Crippen LogP contribution in [0.25, 0.3) is 11.3 Å². The molecule has 34 heavy (non-hydrogen) atoms. The molecule has 2 aliphatic rings. The second-order valence-corrected chi connectivity index (χ2v) is 8.58.